The number of fused-ring (bicyclic) bond motifs is 20. The molecule has 0 saturated carbocycles. The van der Waals surface area contributed by atoms with Gasteiger partial charge in [-0.1, -0.05) is 208 Å². The van der Waals surface area contributed by atoms with Gasteiger partial charge in [-0.2, -0.15) is 0 Å². The molecule has 12 aromatic rings. The van der Waals surface area contributed by atoms with E-state index < -0.39 is 5.41 Å². The second-order valence-corrected chi connectivity index (χ2v) is 19.8. The van der Waals surface area contributed by atoms with Crippen LogP contribution in [-0.4, -0.2) is 0 Å². The molecule has 0 radical (unpaired) electrons. The number of hydrogen-bond donors (Lipinski definition) is 0. The second-order valence-electron chi connectivity index (χ2n) is 19.8. The zero-order valence-electron chi connectivity index (χ0n) is 37.8. The number of rotatable bonds is 5. The van der Waals surface area contributed by atoms with E-state index in [1.165, 1.54) is 88.8 Å². The molecule has 3 aliphatic rings. The van der Waals surface area contributed by atoms with Crippen molar-refractivity contribution in [1.82, 2.24) is 0 Å². The first-order valence-corrected chi connectivity index (χ1v) is 24.0. The summed E-state index contributed by atoms with van der Waals surface area (Å²) in [5.41, 5.74) is 25.4. The maximum Gasteiger partial charge on any atom is 0.143 e. The van der Waals surface area contributed by atoms with Gasteiger partial charge < -0.3 is 8.83 Å². The first kappa shape index (κ1) is 38.0. The highest BCUT2D eigenvalue weighted by Crippen LogP contribution is 2.64. The molecule has 0 amide bonds. The van der Waals surface area contributed by atoms with Gasteiger partial charge in [0.15, 0.2) is 0 Å². The van der Waals surface area contributed by atoms with E-state index in [0.717, 1.165) is 56.0 Å². The van der Waals surface area contributed by atoms with E-state index in [0.29, 0.717) is 0 Å². The monoisotopic (exact) mass is 868 g/mol. The smallest absolute Gasteiger partial charge is 0.143 e. The summed E-state index contributed by atoms with van der Waals surface area (Å²) in [5, 5.41) is 4.66. The summed E-state index contributed by atoms with van der Waals surface area (Å²) >= 11 is 0. The van der Waals surface area contributed by atoms with Crippen molar-refractivity contribution >= 4 is 43.9 Å². The SMILES string of the molecule is CC1(C)c2ccccc2-c2ccc(C(Cc3ccc4c(c3)C3(c5ccccc5-4)c4ccccc4-c4c3ccc3oc5ccccc5c43)c3ccc(-c4cccc5c4oc4ccccc45)cc3)cc21. The van der Waals surface area contributed by atoms with Crippen LogP contribution in [0.25, 0.3) is 88.4 Å². The van der Waals surface area contributed by atoms with E-state index in [9.17, 15) is 0 Å². The highest BCUT2D eigenvalue weighted by Gasteiger charge is 2.52. The van der Waals surface area contributed by atoms with Crippen LogP contribution in [0.5, 0.6) is 0 Å². The van der Waals surface area contributed by atoms with Crippen LogP contribution in [0.2, 0.25) is 0 Å². The molecule has 0 fully saturated rings. The van der Waals surface area contributed by atoms with Gasteiger partial charge in [-0.3, -0.25) is 0 Å². The topological polar surface area (TPSA) is 26.3 Å². The van der Waals surface area contributed by atoms with Crippen LogP contribution in [-0.2, 0) is 17.3 Å². The van der Waals surface area contributed by atoms with E-state index in [2.05, 4.69) is 220 Å². The molecule has 68 heavy (non-hydrogen) atoms. The summed E-state index contributed by atoms with van der Waals surface area (Å²) in [6, 6.07) is 79.2. The molecule has 0 saturated heterocycles. The van der Waals surface area contributed by atoms with Gasteiger partial charge in [-0.15, -0.1) is 0 Å². The summed E-state index contributed by atoms with van der Waals surface area (Å²) < 4.78 is 13.1. The Bertz CT molecular complexity index is 4100. The van der Waals surface area contributed by atoms with E-state index in [-0.39, 0.29) is 11.3 Å². The summed E-state index contributed by atoms with van der Waals surface area (Å²) in [4.78, 5) is 0. The quantitative estimate of drug-likeness (QED) is 0.172. The Kier molecular flexibility index (Phi) is 7.64. The lowest BCUT2D eigenvalue weighted by Gasteiger charge is -2.31. The van der Waals surface area contributed by atoms with Crippen molar-refractivity contribution in [3.63, 3.8) is 0 Å². The standard InChI is InChI=1S/C66H44O2/c1-65(2)53-21-8-3-14-44(53)46-33-31-42(38-57(46)65)52(41-29-27-40(28-30-41)43-19-13-20-49-48-16-6-11-24-59(48)68-64(43)49)36-39-26-32-47-45-15-4-9-22-54(45)66(58(47)37-39)55-23-10-5-17-50(55)62-56(66)34-35-61-63(62)51-18-7-12-25-60(51)67-61/h3-35,37-38,52H,36H2,1-2H3. The summed E-state index contributed by atoms with van der Waals surface area (Å²) in [6.07, 6.45) is 0.838. The summed E-state index contributed by atoms with van der Waals surface area (Å²) in [6.45, 7) is 4.78. The molecular formula is C66H44O2. The van der Waals surface area contributed by atoms with Gasteiger partial charge in [0.05, 0.1) is 5.41 Å². The Labute approximate surface area is 394 Å². The van der Waals surface area contributed by atoms with Crippen LogP contribution >= 0.6 is 0 Å². The molecule has 2 atom stereocenters. The van der Waals surface area contributed by atoms with Crippen molar-refractivity contribution < 1.29 is 8.83 Å². The van der Waals surface area contributed by atoms with Gasteiger partial charge in [0.1, 0.15) is 22.3 Å². The van der Waals surface area contributed by atoms with Crippen LogP contribution in [0.1, 0.15) is 69.8 Å². The van der Waals surface area contributed by atoms with Gasteiger partial charge in [0.25, 0.3) is 0 Å². The zero-order chi connectivity index (χ0) is 44.9. The Morgan fingerprint density at radius 1 is 0.382 bits per heavy atom. The van der Waals surface area contributed by atoms with Crippen molar-refractivity contribution in [2.24, 2.45) is 0 Å². The average molecular weight is 869 g/mol. The molecule has 2 nitrogen and oxygen atoms in total. The third-order valence-corrected chi connectivity index (χ3v) is 16.1. The molecule has 0 bridgehead atoms. The lowest BCUT2D eigenvalue weighted by Crippen LogP contribution is -2.26. The van der Waals surface area contributed by atoms with E-state index >= 15 is 0 Å². The van der Waals surface area contributed by atoms with E-state index in [4.69, 9.17) is 8.83 Å². The molecular weight excluding hydrogens is 825 g/mol. The molecule has 3 aliphatic carbocycles. The maximum absolute atomic E-state index is 6.55. The predicted molar refractivity (Wildman–Crippen MR) is 279 cm³/mol. The average Bonchev–Trinajstić information content (AvgIpc) is 4.17. The molecule has 10 aromatic carbocycles. The third kappa shape index (κ3) is 4.96. The molecule has 2 aromatic heterocycles. The van der Waals surface area contributed by atoms with Crippen molar-refractivity contribution in [3.8, 4) is 44.5 Å². The van der Waals surface area contributed by atoms with Gasteiger partial charge >= 0.3 is 0 Å². The Morgan fingerprint density at radius 2 is 0.971 bits per heavy atom. The fraction of sp³-hybridized carbons (Fsp3) is 0.0909. The normalized spacial score (nSPS) is 16.3. The minimum atomic E-state index is -0.487. The Hall–Kier alpha value is -8.20. The highest BCUT2D eigenvalue weighted by molar-refractivity contribution is 6.16. The molecule has 2 heteroatoms. The molecule has 0 N–H and O–H groups in total. The van der Waals surface area contributed by atoms with Gasteiger partial charge in [0, 0.05) is 38.4 Å². The van der Waals surface area contributed by atoms with Crippen LogP contribution in [0.3, 0.4) is 0 Å². The van der Waals surface area contributed by atoms with Crippen LogP contribution in [0, 0.1) is 0 Å². The van der Waals surface area contributed by atoms with Crippen LogP contribution < -0.4 is 0 Å². The maximum atomic E-state index is 6.55. The highest BCUT2D eigenvalue weighted by atomic mass is 16.3. The van der Waals surface area contributed by atoms with Gasteiger partial charge in [-0.05, 0) is 114 Å². The van der Waals surface area contributed by atoms with Crippen LogP contribution in [0.15, 0.2) is 221 Å². The molecule has 0 aliphatic heterocycles. The predicted octanol–water partition coefficient (Wildman–Crippen LogP) is 17.2. The van der Waals surface area contributed by atoms with Gasteiger partial charge in [-0.25, -0.2) is 0 Å². The van der Waals surface area contributed by atoms with Crippen molar-refractivity contribution in [2.45, 2.75) is 37.0 Å². The minimum Gasteiger partial charge on any atom is -0.456 e. The Balaban J connectivity index is 0.911. The minimum absolute atomic E-state index is 0.0914. The van der Waals surface area contributed by atoms with Crippen molar-refractivity contribution in [3.05, 3.63) is 262 Å². The fourth-order valence-electron chi connectivity index (χ4n) is 13.1. The number of benzene rings is 10. The zero-order valence-corrected chi connectivity index (χ0v) is 37.8. The van der Waals surface area contributed by atoms with Crippen LogP contribution in [0.4, 0.5) is 0 Å². The van der Waals surface area contributed by atoms with E-state index in [1.807, 2.05) is 6.07 Å². The molecule has 15 rings (SSSR count). The first-order chi connectivity index (χ1) is 33.5. The lowest BCUT2D eigenvalue weighted by molar-refractivity contribution is 0.657. The summed E-state index contributed by atoms with van der Waals surface area (Å²) in [5.74, 6) is 0.0914. The molecule has 320 valence electrons. The van der Waals surface area contributed by atoms with Crippen molar-refractivity contribution in [1.29, 1.82) is 0 Å². The largest absolute Gasteiger partial charge is 0.456 e. The summed E-state index contributed by atoms with van der Waals surface area (Å²) in [7, 11) is 0. The fourth-order valence-corrected chi connectivity index (χ4v) is 13.1. The van der Waals surface area contributed by atoms with Crippen molar-refractivity contribution in [2.75, 3.05) is 0 Å². The molecule has 2 unspecified atom stereocenters. The third-order valence-electron chi connectivity index (χ3n) is 16.1. The molecule has 2 heterocycles. The molecule has 1 spiro atoms. The van der Waals surface area contributed by atoms with Gasteiger partial charge in [0.2, 0.25) is 0 Å². The number of hydrogen-bond acceptors (Lipinski definition) is 2. The number of furan rings is 2. The second kappa shape index (κ2) is 13.7. The number of para-hydroxylation sites is 3. The first-order valence-electron chi connectivity index (χ1n) is 24.0. The lowest BCUT2D eigenvalue weighted by atomic mass is 9.70. The van der Waals surface area contributed by atoms with E-state index in [1.54, 1.807) is 0 Å². The Morgan fingerprint density at radius 3 is 1.78 bits per heavy atom.